The summed E-state index contributed by atoms with van der Waals surface area (Å²) in [6.45, 7) is 3.53. The summed E-state index contributed by atoms with van der Waals surface area (Å²) in [6.07, 6.45) is 0. The van der Waals surface area contributed by atoms with Crippen molar-refractivity contribution in [2.24, 2.45) is 5.73 Å². The van der Waals surface area contributed by atoms with Crippen molar-refractivity contribution in [3.8, 4) is 0 Å². The highest BCUT2D eigenvalue weighted by Crippen LogP contribution is 2.05. The molecule has 0 fully saturated rings. The van der Waals surface area contributed by atoms with E-state index in [1.165, 1.54) is 0 Å². The SMILES string of the molecule is CC(C)(N)C(=O)OCc1ccccc1.[Cl-].[H+]. The van der Waals surface area contributed by atoms with E-state index in [2.05, 4.69) is 0 Å². The zero-order valence-electron chi connectivity index (χ0n) is 9.87. The molecule has 4 heteroatoms. The standard InChI is InChI=1S/C11H15NO2.ClH/c1-11(2,12)10(13)14-8-9-6-4-3-5-7-9;/h3-7H,8,12H2,1-2H3;1H. The zero-order valence-corrected chi connectivity index (χ0v) is 9.62. The van der Waals surface area contributed by atoms with E-state index in [9.17, 15) is 4.79 Å². The van der Waals surface area contributed by atoms with E-state index >= 15 is 0 Å². The van der Waals surface area contributed by atoms with Gasteiger partial charge in [-0.15, -0.1) is 0 Å². The van der Waals surface area contributed by atoms with Crippen molar-refractivity contribution in [2.45, 2.75) is 26.0 Å². The molecule has 0 aliphatic heterocycles. The van der Waals surface area contributed by atoms with Gasteiger partial charge >= 0.3 is 7.40 Å². The van der Waals surface area contributed by atoms with Crippen LogP contribution in [0.2, 0.25) is 0 Å². The minimum atomic E-state index is -0.922. The average Bonchev–Trinajstić information content (AvgIpc) is 2.14. The van der Waals surface area contributed by atoms with Gasteiger partial charge in [0, 0.05) is 0 Å². The Morgan fingerprint density at radius 3 is 2.40 bits per heavy atom. The van der Waals surface area contributed by atoms with E-state index in [4.69, 9.17) is 10.5 Å². The van der Waals surface area contributed by atoms with Crippen LogP contribution in [0, 0.1) is 0 Å². The number of hydrogen-bond acceptors (Lipinski definition) is 3. The van der Waals surface area contributed by atoms with Crippen molar-refractivity contribution in [3.05, 3.63) is 35.9 Å². The van der Waals surface area contributed by atoms with Crippen molar-refractivity contribution in [3.63, 3.8) is 0 Å². The molecule has 84 valence electrons. The van der Waals surface area contributed by atoms with Gasteiger partial charge in [-0.25, -0.2) is 0 Å². The Hall–Kier alpha value is -1.06. The molecule has 0 spiro atoms. The van der Waals surface area contributed by atoms with Crippen molar-refractivity contribution in [1.82, 2.24) is 0 Å². The topological polar surface area (TPSA) is 52.3 Å². The second-order valence-electron chi connectivity index (χ2n) is 3.78. The second kappa shape index (κ2) is 5.73. The van der Waals surface area contributed by atoms with E-state index < -0.39 is 5.54 Å². The van der Waals surface area contributed by atoms with E-state index in [1.54, 1.807) is 13.8 Å². The largest absolute Gasteiger partial charge is 1.00 e. The highest BCUT2D eigenvalue weighted by Gasteiger charge is 2.23. The molecule has 15 heavy (non-hydrogen) atoms. The van der Waals surface area contributed by atoms with Gasteiger partial charge in [0.1, 0.15) is 12.1 Å². The molecule has 2 N–H and O–H groups in total. The molecule has 1 aromatic rings. The van der Waals surface area contributed by atoms with Gasteiger partial charge in [0.15, 0.2) is 0 Å². The van der Waals surface area contributed by atoms with Crippen LogP contribution >= 0.6 is 0 Å². The fraction of sp³-hybridized carbons (Fsp3) is 0.364. The summed E-state index contributed by atoms with van der Waals surface area (Å²) in [4.78, 5) is 11.3. The highest BCUT2D eigenvalue weighted by molar-refractivity contribution is 5.79. The average molecular weight is 230 g/mol. The summed E-state index contributed by atoms with van der Waals surface area (Å²) < 4.78 is 5.03. The van der Waals surface area contributed by atoms with Gasteiger partial charge in [0.2, 0.25) is 0 Å². The molecular formula is C11H16ClNO2. The normalized spacial score (nSPS) is 10.3. The monoisotopic (exact) mass is 229 g/mol. The lowest BCUT2D eigenvalue weighted by Crippen LogP contribution is -3.00. The molecule has 1 rings (SSSR count). The number of halogens is 1. The third-order valence-electron chi connectivity index (χ3n) is 1.74. The lowest BCUT2D eigenvalue weighted by Gasteiger charge is -2.16. The molecule has 0 heterocycles. The van der Waals surface area contributed by atoms with Crippen LogP contribution in [-0.2, 0) is 16.1 Å². The Morgan fingerprint density at radius 2 is 1.93 bits per heavy atom. The Labute approximate surface area is 97.5 Å². The molecule has 0 amide bonds. The summed E-state index contributed by atoms with van der Waals surface area (Å²) in [5.41, 5.74) is 5.61. The number of carbonyl (C=O) groups is 1. The number of ether oxygens (including phenoxy) is 1. The van der Waals surface area contributed by atoms with Crippen molar-refractivity contribution in [1.29, 1.82) is 0 Å². The van der Waals surface area contributed by atoms with Crippen LogP contribution in [0.25, 0.3) is 0 Å². The third-order valence-corrected chi connectivity index (χ3v) is 1.74. The summed E-state index contributed by atoms with van der Waals surface area (Å²) >= 11 is 0. The fourth-order valence-corrected chi connectivity index (χ4v) is 0.909. The van der Waals surface area contributed by atoms with Crippen LogP contribution in [-0.4, -0.2) is 11.5 Å². The maximum Gasteiger partial charge on any atom is 1.00 e. The van der Waals surface area contributed by atoms with Gasteiger partial charge in [0.05, 0.1) is 0 Å². The summed E-state index contributed by atoms with van der Waals surface area (Å²) in [5, 5.41) is 0. The Kier molecular flexibility index (Phi) is 5.33. The predicted octanol–water partition coefficient (Wildman–Crippen LogP) is -1.42. The third kappa shape index (κ3) is 4.81. The summed E-state index contributed by atoms with van der Waals surface area (Å²) in [5.74, 6) is -0.388. The van der Waals surface area contributed by atoms with Crippen LogP contribution in [0.1, 0.15) is 20.8 Å². The first kappa shape index (κ1) is 13.9. The molecule has 0 saturated carbocycles. The molecule has 0 atom stereocenters. The Bertz CT molecular complexity index is 312. The molecular weight excluding hydrogens is 214 g/mol. The van der Waals surface area contributed by atoms with Gasteiger partial charge in [-0.3, -0.25) is 4.79 Å². The minimum Gasteiger partial charge on any atom is -1.00 e. The van der Waals surface area contributed by atoms with Crippen molar-refractivity contribution >= 4 is 5.97 Å². The summed E-state index contributed by atoms with van der Waals surface area (Å²) in [6, 6.07) is 9.51. The lowest BCUT2D eigenvalue weighted by atomic mass is 10.1. The van der Waals surface area contributed by atoms with E-state index in [0.717, 1.165) is 5.56 Å². The van der Waals surface area contributed by atoms with E-state index in [1.807, 2.05) is 30.3 Å². The Balaban J connectivity index is 0. The van der Waals surface area contributed by atoms with E-state index in [-0.39, 0.29) is 26.4 Å². The number of hydrogen-bond donors (Lipinski definition) is 1. The van der Waals surface area contributed by atoms with Gasteiger partial charge in [-0.2, -0.15) is 0 Å². The molecule has 0 unspecified atom stereocenters. The zero-order chi connectivity index (χ0) is 10.6. The summed E-state index contributed by atoms with van der Waals surface area (Å²) in [7, 11) is 0. The first-order chi connectivity index (χ1) is 6.50. The van der Waals surface area contributed by atoms with E-state index in [0.29, 0.717) is 0 Å². The first-order valence-corrected chi connectivity index (χ1v) is 4.50. The molecule has 3 nitrogen and oxygen atoms in total. The van der Waals surface area contributed by atoms with Gasteiger partial charge < -0.3 is 22.9 Å². The number of nitrogens with two attached hydrogens (primary N) is 1. The fourth-order valence-electron chi connectivity index (χ4n) is 0.909. The van der Waals surface area contributed by atoms with Crippen LogP contribution < -0.4 is 18.1 Å². The van der Waals surface area contributed by atoms with Crippen molar-refractivity contribution < 1.29 is 23.4 Å². The minimum absolute atomic E-state index is 0. The maximum absolute atomic E-state index is 11.3. The number of esters is 1. The molecule has 0 saturated heterocycles. The number of rotatable bonds is 3. The van der Waals surface area contributed by atoms with Crippen LogP contribution in [0.5, 0.6) is 0 Å². The van der Waals surface area contributed by atoms with Crippen LogP contribution in [0.4, 0.5) is 0 Å². The second-order valence-corrected chi connectivity index (χ2v) is 3.78. The smallest absolute Gasteiger partial charge is 1.00 e. The highest BCUT2D eigenvalue weighted by atomic mass is 35.5. The molecule has 0 aromatic heterocycles. The number of carbonyl (C=O) groups excluding carboxylic acids is 1. The van der Waals surface area contributed by atoms with Crippen LogP contribution in [0.15, 0.2) is 30.3 Å². The number of benzene rings is 1. The Morgan fingerprint density at radius 1 is 1.40 bits per heavy atom. The van der Waals surface area contributed by atoms with Crippen molar-refractivity contribution in [2.75, 3.05) is 0 Å². The van der Waals surface area contributed by atoms with Gasteiger partial charge in [0.25, 0.3) is 0 Å². The molecule has 0 aliphatic carbocycles. The molecule has 0 aliphatic rings. The lowest BCUT2D eigenvalue weighted by molar-refractivity contribution is -0.150. The molecule has 1 aromatic carbocycles. The van der Waals surface area contributed by atoms with Gasteiger partial charge in [-0.1, -0.05) is 30.3 Å². The van der Waals surface area contributed by atoms with Gasteiger partial charge in [-0.05, 0) is 19.4 Å². The molecule has 0 radical (unpaired) electrons. The predicted molar refractivity (Wildman–Crippen MR) is 55.6 cm³/mol. The quantitative estimate of drug-likeness (QED) is 0.648. The van der Waals surface area contributed by atoms with Crippen LogP contribution in [0.3, 0.4) is 0 Å². The molecule has 0 bridgehead atoms. The first-order valence-electron chi connectivity index (χ1n) is 4.50. The maximum atomic E-state index is 11.3.